The van der Waals surface area contributed by atoms with Crippen LogP contribution in [0.2, 0.25) is 0 Å². The van der Waals surface area contributed by atoms with Crippen molar-refractivity contribution in [1.29, 1.82) is 0 Å². The number of para-hydroxylation sites is 1. The lowest BCUT2D eigenvalue weighted by molar-refractivity contribution is 1.18. The largest absolute Gasteiger partial charge is 0.310 e. The fourth-order valence-electron chi connectivity index (χ4n) is 10.4. The molecule has 308 valence electrons. The summed E-state index contributed by atoms with van der Waals surface area (Å²) in [6.07, 6.45) is 0. The summed E-state index contributed by atoms with van der Waals surface area (Å²) in [6, 6.07) is 93.4. The molecule has 0 aliphatic heterocycles. The van der Waals surface area contributed by atoms with Crippen LogP contribution < -0.4 is 4.90 Å². The average molecular weight is 839 g/mol. The summed E-state index contributed by atoms with van der Waals surface area (Å²) in [5.74, 6) is 0. The average Bonchev–Trinajstić information content (AvgIpc) is 3.71. The van der Waals surface area contributed by atoms with E-state index in [2.05, 4.69) is 264 Å². The first-order valence-corrected chi connectivity index (χ1v) is 22.7. The van der Waals surface area contributed by atoms with Gasteiger partial charge < -0.3 is 9.47 Å². The summed E-state index contributed by atoms with van der Waals surface area (Å²) in [7, 11) is 0. The molecule has 2 nitrogen and oxygen atoms in total. The number of anilines is 3. The third kappa shape index (κ3) is 6.34. The minimum absolute atomic E-state index is 1.09. The fraction of sp³-hybridized carbons (Fsp3) is 0. The predicted molar refractivity (Wildman–Crippen MR) is 282 cm³/mol. The Hall–Kier alpha value is -8.72. The lowest BCUT2D eigenvalue weighted by Gasteiger charge is -2.26. The van der Waals surface area contributed by atoms with Crippen molar-refractivity contribution < 1.29 is 0 Å². The molecule has 66 heavy (non-hydrogen) atoms. The lowest BCUT2D eigenvalue weighted by Crippen LogP contribution is -2.10. The zero-order valence-electron chi connectivity index (χ0n) is 36.1. The predicted octanol–water partition coefficient (Wildman–Crippen LogP) is 17.9. The maximum Gasteiger partial charge on any atom is 0.0547 e. The topological polar surface area (TPSA) is 8.17 Å². The van der Waals surface area contributed by atoms with Gasteiger partial charge in [0.2, 0.25) is 0 Å². The van der Waals surface area contributed by atoms with E-state index in [1.807, 2.05) is 0 Å². The minimum Gasteiger partial charge on any atom is -0.310 e. The van der Waals surface area contributed by atoms with E-state index in [1.165, 1.54) is 92.7 Å². The highest BCUT2D eigenvalue weighted by Gasteiger charge is 2.20. The van der Waals surface area contributed by atoms with Crippen molar-refractivity contribution in [3.63, 3.8) is 0 Å². The van der Waals surface area contributed by atoms with Crippen molar-refractivity contribution in [3.8, 4) is 39.1 Å². The molecule has 0 saturated carbocycles. The van der Waals surface area contributed by atoms with Gasteiger partial charge in [0.05, 0.1) is 11.0 Å². The Kier molecular flexibility index (Phi) is 8.89. The van der Waals surface area contributed by atoms with Crippen LogP contribution in [0.4, 0.5) is 17.1 Å². The van der Waals surface area contributed by atoms with Crippen LogP contribution in [0.1, 0.15) is 0 Å². The Morgan fingerprint density at radius 2 is 0.848 bits per heavy atom. The van der Waals surface area contributed by atoms with Gasteiger partial charge in [0.15, 0.2) is 0 Å². The minimum atomic E-state index is 1.09. The molecule has 1 aromatic heterocycles. The molecule has 13 rings (SSSR count). The van der Waals surface area contributed by atoms with E-state index in [0.717, 1.165) is 28.3 Å². The summed E-state index contributed by atoms with van der Waals surface area (Å²) in [5.41, 5.74) is 14.0. The van der Waals surface area contributed by atoms with Crippen LogP contribution in [0.15, 0.2) is 255 Å². The lowest BCUT2D eigenvalue weighted by atomic mass is 9.93. The quantitative estimate of drug-likeness (QED) is 0.145. The number of hydrogen-bond donors (Lipinski definition) is 0. The fourth-order valence-corrected chi connectivity index (χ4v) is 10.4. The highest BCUT2D eigenvalue weighted by molar-refractivity contribution is 6.19. The molecule has 0 atom stereocenters. The van der Waals surface area contributed by atoms with Crippen LogP contribution in [0.5, 0.6) is 0 Å². The number of hydrogen-bond acceptors (Lipinski definition) is 1. The second kappa shape index (κ2) is 15.5. The van der Waals surface area contributed by atoms with Crippen LogP contribution in [-0.2, 0) is 0 Å². The maximum absolute atomic E-state index is 2.42. The first-order valence-electron chi connectivity index (χ1n) is 22.7. The van der Waals surface area contributed by atoms with E-state index in [9.17, 15) is 0 Å². The van der Waals surface area contributed by atoms with Crippen LogP contribution >= 0.6 is 0 Å². The standard InChI is InChI=1S/C64H42N2/c1-2-20-52(21-3-1)66-62-27-13-26-57(64(62)61-40-47-16-6-7-17-48(47)42-63(61)66)50-19-12-22-55(39-50)65(53-34-30-44(31-35-53)49-29-28-43-14-4-5-15-46(43)38-49)54-36-32-45(33-37-54)60-41-51-18-8-9-23-56(51)58-24-10-11-25-59(58)60/h1-42H. The van der Waals surface area contributed by atoms with E-state index in [1.54, 1.807) is 0 Å². The Morgan fingerprint density at radius 3 is 1.61 bits per heavy atom. The Labute approximate surface area is 383 Å². The number of benzene rings is 12. The van der Waals surface area contributed by atoms with Gasteiger partial charge in [-0.3, -0.25) is 0 Å². The maximum atomic E-state index is 2.42. The molecule has 12 aromatic carbocycles. The number of fused-ring (bicyclic) bond motifs is 8. The molecule has 0 amide bonds. The van der Waals surface area contributed by atoms with Crippen LogP contribution in [0, 0.1) is 0 Å². The van der Waals surface area contributed by atoms with Gasteiger partial charge in [-0.15, -0.1) is 0 Å². The molecule has 13 aromatic rings. The molecule has 2 heteroatoms. The third-order valence-electron chi connectivity index (χ3n) is 13.5. The monoisotopic (exact) mass is 838 g/mol. The Morgan fingerprint density at radius 1 is 0.258 bits per heavy atom. The molecule has 0 unspecified atom stereocenters. The molecular formula is C64H42N2. The Balaban J connectivity index is 0.972. The van der Waals surface area contributed by atoms with Gasteiger partial charge in [-0.2, -0.15) is 0 Å². The van der Waals surface area contributed by atoms with Gasteiger partial charge in [0.1, 0.15) is 0 Å². The van der Waals surface area contributed by atoms with E-state index >= 15 is 0 Å². The van der Waals surface area contributed by atoms with E-state index in [-0.39, 0.29) is 0 Å². The van der Waals surface area contributed by atoms with Gasteiger partial charge in [0.25, 0.3) is 0 Å². The summed E-state index contributed by atoms with van der Waals surface area (Å²) in [4.78, 5) is 2.40. The highest BCUT2D eigenvalue weighted by atomic mass is 15.1. The Bertz CT molecular complexity index is 3970. The summed E-state index contributed by atoms with van der Waals surface area (Å²) in [6.45, 7) is 0. The zero-order valence-corrected chi connectivity index (χ0v) is 36.1. The van der Waals surface area contributed by atoms with E-state index in [0.29, 0.717) is 0 Å². The van der Waals surface area contributed by atoms with Crippen molar-refractivity contribution in [1.82, 2.24) is 4.57 Å². The van der Waals surface area contributed by atoms with E-state index in [4.69, 9.17) is 0 Å². The van der Waals surface area contributed by atoms with Gasteiger partial charge in [-0.1, -0.05) is 176 Å². The van der Waals surface area contributed by atoms with Crippen LogP contribution in [0.3, 0.4) is 0 Å². The second-order valence-electron chi connectivity index (χ2n) is 17.3. The second-order valence-corrected chi connectivity index (χ2v) is 17.3. The zero-order chi connectivity index (χ0) is 43.6. The molecule has 0 N–H and O–H groups in total. The van der Waals surface area contributed by atoms with Crippen LogP contribution in [0.25, 0.3) is 104 Å². The molecule has 0 spiro atoms. The summed E-state index contributed by atoms with van der Waals surface area (Å²) >= 11 is 0. The molecule has 0 aliphatic carbocycles. The van der Waals surface area contributed by atoms with Gasteiger partial charge in [0, 0.05) is 33.5 Å². The molecular weight excluding hydrogens is 797 g/mol. The van der Waals surface area contributed by atoms with Gasteiger partial charge in [-0.05, 0) is 155 Å². The first-order chi connectivity index (χ1) is 32.7. The summed E-state index contributed by atoms with van der Waals surface area (Å²) < 4.78 is 2.42. The van der Waals surface area contributed by atoms with Crippen molar-refractivity contribution in [3.05, 3.63) is 255 Å². The molecule has 0 bridgehead atoms. The summed E-state index contributed by atoms with van der Waals surface area (Å²) in [5, 5.41) is 12.5. The van der Waals surface area contributed by atoms with E-state index < -0.39 is 0 Å². The van der Waals surface area contributed by atoms with Gasteiger partial charge >= 0.3 is 0 Å². The third-order valence-corrected chi connectivity index (χ3v) is 13.5. The number of rotatable bonds is 7. The normalized spacial score (nSPS) is 11.6. The van der Waals surface area contributed by atoms with Crippen molar-refractivity contribution >= 4 is 82.0 Å². The molecule has 0 aliphatic rings. The van der Waals surface area contributed by atoms with Gasteiger partial charge in [-0.25, -0.2) is 0 Å². The van der Waals surface area contributed by atoms with Crippen LogP contribution in [-0.4, -0.2) is 4.57 Å². The van der Waals surface area contributed by atoms with Crippen molar-refractivity contribution in [2.45, 2.75) is 0 Å². The molecule has 0 fully saturated rings. The smallest absolute Gasteiger partial charge is 0.0547 e. The number of aromatic nitrogens is 1. The van der Waals surface area contributed by atoms with Crippen molar-refractivity contribution in [2.75, 3.05) is 4.90 Å². The molecule has 1 heterocycles. The highest BCUT2D eigenvalue weighted by Crippen LogP contribution is 2.44. The number of nitrogens with zero attached hydrogens (tertiary/aromatic N) is 2. The molecule has 0 radical (unpaired) electrons. The SMILES string of the molecule is c1ccc(-n2c3cc4ccccc4cc3c3c(-c4cccc(N(c5ccc(-c6ccc7ccccc7c6)cc5)c5ccc(-c6cc7ccccc7c7ccccc67)cc5)c4)cccc32)cc1. The first kappa shape index (κ1) is 37.8. The molecule has 0 saturated heterocycles. The van der Waals surface area contributed by atoms with Crippen molar-refractivity contribution in [2.24, 2.45) is 0 Å².